The molecule has 0 heterocycles. The van der Waals surface area contributed by atoms with Crippen molar-refractivity contribution in [2.45, 2.75) is 26.1 Å². The molecular weight excluding hydrogens is 446 g/mol. The second-order valence-electron chi connectivity index (χ2n) is 7.49. The highest BCUT2D eigenvalue weighted by Crippen LogP contribution is 2.36. The van der Waals surface area contributed by atoms with Gasteiger partial charge in [-0.3, -0.25) is 9.11 Å². The summed E-state index contributed by atoms with van der Waals surface area (Å²) in [6, 6.07) is 12.8. The number of hydrogen-bond acceptors (Lipinski definition) is 7. The van der Waals surface area contributed by atoms with Crippen LogP contribution in [0.15, 0.2) is 42.5 Å². The second kappa shape index (κ2) is 10.1. The van der Waals surface area contributed by atoms with Crippen molar-refractivity contribution in [3.05, 3.63) is 53.6 Å². The molecule has 0 aliphatic heterocycles. The third-order valence-corrected chi connectivity index (χ3v) is 6.29. The summed E-state index contributed by atoms with van der Waals surface area (Å²) >= 11 is 0. The van der Waals surface area contributed by atoms with Crippen molar-refractivity contribution in [3.63, 3.8) is 0 Å². The molecular formula is C20H27NO8S2. The molecule has 0 saturated heterocycles. The number of aliphatic hydroxyl groups is 2. The van der Waals surface area contributed by atoms with Crippen molar-refractivity contribution in [3.8, 4) is 11.1 Å². The monoisotopic (exact) mass is 473 g/mol. The maximum Gasteiger partial charge on any atom is 0.267 e. The van der Waals surface area contributed by atoms with E-state index in [-0.39, 0.29) is 13.1 Å². The van der Waals surface area contributed by atoms with Gasteiger partial charge in [0.1, 0.15) is 11.5 Å². The van der Waals surface area contributed by atoms with E-state index in [0.29, 0.717) is 5.69 Å². The van der Waals surface area contributed by atoms with Crippen LogP contribution in [0, 0.1) is 13.8 Å². The third-order valence-electron chi connectivity index (χ3n) is 4.67. The predicted octanol–water partition coefficient (Wildman–Crippen LogP) is 1.27. The van der Waals surface area contributed by atoms with E-state index in [9.17, 15) is 27.0 Å². The zero-order valence-electron chi connectivity index (χ0n) is 17.2. The van der Waals surface area contributed by atoms with Gasteiger partial charge in [-0.05, 0) is 36.6 Å². The second-order valence-corrected chi connectivity index (χ2v) is 10.5. The van der Waals surface area contributed by atoms with Gasteiger partial charge in [0.05, 0.1) is 12.2 Å². The Morgan fingerprint density at radius 3 is 1.74 bits per heavy atom. The summed E-state index contributed by atoms with van der Waals surface area (Å²) in [5.41, 5.74) is 3.98. The van der Waals surface area contributed by atoms with Crippen LogP contribution in [0.3, 0.4) is 0 Å². The molecule has 0 aliphatic rings. The van der Waals surface area contributed by atoms with Gasteiger partial charge in [0.2, 0.25) is 0 Å². The van der Waals surface area contributed by atoms with Crippen LogP contribution < -0.4 is 4.90 Å². The van der Waals surface area contributed by atoms with Crippen molar-refractivity contribution in [1.29, 1.82) is 0 Å². The topological polar surface area (TPSA) is 152 Å². The van der Waals surface area contributed by atoms with Gasteiger partial charge in [-0.2, -0.15) is 16.8 Å². The minimum Gasteiger partial charge on any atom is -0.390 e. The van der Waals surface area contributed by atoms with E-state index < -0.39 is 43.9 Å². The quantitative estimate of drug-likeness (QED) is 0.374. The molecule has 2 atom stereocenters. The Labute approximate surface area is 182 Å². The summed E-state index contributed by atoms with van der Waals surface area (Å²) < 4.78 is 62.8. The van der Waals surface area contributed by atoms with Crippen LogP contribution in [-0.2, 0) is 20.2 Å². The fourth-order valence-corrected chi connectivity index (χ4v) is 4.67. The van der Waals surface area contributed by atoms with E-state index in [2.05, 4.69) is 0 Å². The third kappa shape index (κ3) is 7.87. The van der Waals surface area contributed by atoms with Crippen LogP contribution in [0.25, 0.3) is 11.1 Å². The van der Waals surface area contributed by atoms with Crippen molar-refractivity contribution >= 4 is 25.9 Å². The molecule has 4 N–H and O–H groups in total. The first-order valence-electron chi connectivity index (χ1n) is 9.44. The molecule has 0 fully saturated rings. The minimum atomic E-state index is -4.46. The Hall–Kier alpha value is -2.02. The summed E-state index contributed by atoms with van der Waals surface area (Å²) in [6.07, 6.45) is -3.03. The molecule has 9 nitrogen and oxygen atoms in total. The molecule has 0 aromatic heterocycles. The zero-order chi connectivity index (χ0) is 23.4. The maximum atomic E-state index is 11.2. The van der Waals surface area contributed by atoms with E-state index in [4.69, 9.17) is 9.11 Å². The van der Waals surface area contributed by atoms with Crippen molar-refractivity contribution in [1.82, 2.24) is 0 Å². The molecule has 0 radical (unpaired) electrons. The number of rotatable bonds is 10. The lowest BCUT2D eigenvalue weighted by Gasteiger charge is -2.31. The molecule has 0 aliphatic carbocycles. The van der Waals surface area contributed by atoms with E-state index >= 15 is 0 Å². The van der Waals surface area contributed by atoms with Gasteiger partial charge < -0.3 is 15.1 Å². The number of benzene rings is 2. The van der Waals surface area contributed by atoms with Crippen LogP contribution >= 0.6 is 0 Å². The van der Waals surface area contributed by atoms with Crippen LogP contribution in [0.1, 0.15) is 11.1 Å². The summed E-state index contributed by atoms with van der Waals surface area (Å²) in [5.74, 6) is -1.85. The Bertz CT molecular complexity index is 1070. The van der Waals surface area contributed by atoms with Gasteiger partial charge in [-0.1, -0.05) is 36.4 Å². The summed E-state index contributed by atoms with van der Waals surface area (Å²) in [6.45, 7) is 3.15. The van der Waals surface area contributed by atoms with Gasteiger partial charge in [0, 0.05) is 24.3 Å². The highest BCUT2D eigenvalue weighted by atomic mass is 32.2. The van der Waals surface area contributed by atoms with Crippen LogP contribution in [-0.4, -0.2) is 73.0 Å². The number of anilines is 1. The van der Waals surface area contributed by atoms with Gasteiger partial charge in [0.25, 0.3) is 20.2 Å². The lowest BCUT2D eigenvalue weighted by Crippen LogP contribution is -2.42. The standard InChI is InChI=1S/C20H27NO8S2/c1-14-6-3-4-8-18(14)20-15(2)7-5-9-19(20)21(10-16(22)12-30(24,25)26)11-17(23)13-31(27,28)29/h3-9,16-17,22-23H,10-13H2,1-2H3,(H,24,25,26)(H,27,28,29). The first-order valence-corrected chi connectivity index (χ1v) is 12.7. The maximum absolute atomic E-state index is 11.2. The number of hydrogen-bond donors (Lipinski definition) is 4. The van der Waals surface area contributed by atoms with Gasteiger partial charge in [-0.15, -0.1) is 0 Å². The minimum absolute atomic E-state index is 0.315. The van der Waals surface area contributed by atoms with Gasteiger partial charge in [-0.25, -0.2) is 0 Å². The molecule has 0 spiro atoms. The molecule has 31 heavy (non-hydrogen) atoms. The molecule has 0 bridgehead atoms. The SMILES string of the molecule is Cc1ccccc1-c1c(C)cccc1N(CC(O)CS(=O)(=O)O)CC(O)CS(=O)(=O)O. The number of aliphatic hydroxyl groups excluding tert-OH is 2. The average molecular weight is 474 g/mol. The van der Waals surface area contributed by atoms with Crippen LogP contribution in [0.5, 0.6) is 0 Å². The van der Waals surface area contributed by atoms with Crippen LogP contribution in [0.4, 0.5) is 5.69 Å². The largest absolute Gasteiger partial charge is 0.390 e. The van der Waals surface area contributed by atoms with Crippen molar-refractivity contribution in [2.24, 2.45) is 0 Å². The molecule has 2 aromatic rings. The Kier molecular flexibility index (Phi) is 8.20. The van der Waals surface area contributed by atoms with Crippen LogP contribution in [0.2, 0.25) is 0 Å². The van der Waals surface area contributed by atoms with Crippen molar-refractivity contribution < 1.29 is 36.2 Å². The molecule has 2 unspecified atom stereocenters. The fourth-order valence-electron chi connectivity index (χ4n) is 3.49. The molecule has 2 rings (SSSR count). The highest BCUT2D eigenvalue weighted by Gasteiger charge is 2.25. The molecule has 0 amide bonds. The zero-order valence-corrected chi connectivity index (χ0v) is 18.8. The lowest BCUT2D eigenvalue weighted by molar-refractivity contribution is 0.178. The lowest BCUT2D eigenvalue weighted by atomic mass is 9.94. The summed E-state index contributed by atoms with van der Waals surface area (Å²) in [5, 5.41) is 20.4. The molecule has 2 aromatic carbocycles. The summed E-state index contributed by atoms with van der Waals surface area (Å²) in [7, 11) is -8.92. The first-order chi connectivity index (χ1) is 14.3. The van der Waals surface area contributed by atoms with E-state index in [1.165, 1.54) is 4.90 Å². The molecule has 11 heteroatoms. The fraction of sp³-hybridized carbons (Fsp3) is 0.400. The highest BCUT2D eigenvalue weighted by molar-refractivity contribution is 7.86. The predicted molar refractivity (Wildman–Crippen MR) is 118 cm³/mol. The number of aryl methyl sites for hydroxylation is 2. The van der Waals surface area contributed by atoms with E-state index in [0.717, 1.165) is 22.3 Å². The van der Waals surface area contributed by atoms with Gasteiger partial charge in [0.15, 0.2) is 0 Å². The smallest absolute Gasteiger partial charge is 0.267 e. The average Bonchev–Trinajstić information content (AvgIpc) is 2.58. The van der Waals surface area contributed by atoms with E-state index in [1.807, 2.05) is 44.2 Å². The molecule has 0 saturated carbocycles. The molecule has 172 valence electrons. The number of nitrogens with zero attached hydrogens (tertiary/aromatic N) is 1. The van der Waals surface area contributed by atoms with Gasteiger partial charge >= 0.3 is 0 Å². The Morgan fingerprint density at radius 2 is 1.26 bits per heavy atom. The Morgan fingerprint density at radius 1 is 0.774 bits per heavy atom. The Balaban J connectivity index is 2.53. The normalized spacial score (nSPS) is 14.3. The van der Waals surface area contributed by atoms with E-state index in [1.54, 1.807) is 12.1 Å². The van der Waals surface area contributed by atoms with Crippen molar-refractivity contribution in [2.75, 3.05) is 29.5 Å². The first kappa shape index (κ1) is 25.2. The summed E-state index contributed by atoms with van der Waals surface area (Å²) in [4.78, 5) is 1.44.